The highest BCUT2D eigenvalue weighted by atomic mass is 32.2. The maximum absolute atomic E-state index is 12.4. The van der Waals surface area contributed by atoms with E-state index in [0.717, 1.165) is 17.0 Å². The summed E-state index contributed by atoms with van der Waals surface area (Å²) in [4.78, 5) is 23.1. The van der Waals surface area contributed by atoms with Crippen LogP contribution in [-0.4, -0.2) is 51.8 Å². The van der Waals surface area contributed by atoms with E-state index < -0.39 is 4.92 Å². The molecular weight excluding hydrogens is 520 g/mol. The maximum atomic E-state index is 12.4. The van der Waals surface area contributed by atoms with Crippen molar-refractivity contribution in [2.75, 3.05) is 20.0 Å². The second-order valence-electron chi connectivity index (χ2n) is 7.84. The number of hydrazone groups is 1. The molecule has 3 aromatic carbocycles. The van der Waals surface area contributed by atoms with Crippen molar-refractivity contribution in [3.05, 3.63) is 94.6 Å². The van der Waals surface area contributed by atoms with E-state index in [1.165, 1.54) is 30.1 Å². The molecule has 1 N–H and O–H groups in total. The number of nitro groups is 1. The van der Waals surface area contributed by atoms with Crippen LogP contribution in [0.3, 0.4) is 0 Å². The summed E-state index contributed by atoms with van der Waals surface area (Å²) in [5.74, 6) is 1.70. The standard InChI is InChI=1S/C27H24N6O5S/c1-37-22-13-9-20(10-14-22)26-30-31-27(32(26)21-11-15-23(38-2)16-12-21)39-18-25(34)29-28-17-5-7-19-6-3-4-8-24(19)33(35)36/h3-17H,18H2,1-2H3,(H,29,34)/b7-5-,28-17+. The van der Waals surface area contributed by atoms with E-state index in [0.29, 0.717) is 22.3 Å². The molecule has 11 nitrogen and oxygen atoms in total. The van der Waals surface area contributed by atoms with Crippen LogP contribution in [0, 0.1) is 10.1 Å². The summed E-state index contributed by atoms with van der Waals surface area (Å²) in [5, 5.41) is 24.2. The van der Waals surface area contributed by atoms with Crippen LogP contribution in [0.25, 0.3) is 23.2 Å². The van der Waals surface area contributed by atoms with Gasteiger partial charge in [-0.05, 0) is 66.7 Å². The normalized spacial score (nSPS) is 11.1. The topological polar surface area (TPSA) is 134 Å². The van der Waals surface area contributed by atoms with Crippen LogP contribution >= 0.6 is 11.8 Å². The molecule has 1 amide bonds. The molecule has 0 atom stereocenters. The first-order valence-electron chi connectivity index (χ1n) is 11.6. The summed E-state index contributed by atoms with van der Waals surface area (Å²) in [5.41, 5.74) is 4.48. The van der Waals surface area contributed by atoms with Gasteiger partial charge in [-0.15, -0.1) is 10.2 Å². The molecule has 0 radical (unpaired) electrons. The lowest BCUT2D eigenvalue weighted by Gasteiger charge is -2.11. The number of nitro benzene ring substituents is 1. The Balaban J connectivity index is 1.45. The number of rotatable bonds is 11. The number of thioether (sulfide) groups is 1. The van der Waals surface area contributed by atoms with E-state index in [1.807, 2.05) is 53.1 Å². The number of carbonyl (C=O) groups excluding carboxylic acids is 1. The average molecular weight is 545 g/mol. The van der Waals surface area contributed by atoms with Crippen molar-refractivity contribution in [2.45, 2.75) is 5.16 Å². The predicted octanol–water partition coefficient (Wildman–Crippen LogP) is 4.77. The Bertz CT molecular complexity index is 1500. The Labute approximate surface area is 228 Å². The minimum Gasteiger partial charge on any atom is -0.497 e. The van der Waals surface area contributed by atoms with E-state index in [2.05, 4.69) is 20.7 Å². The molecule has 0 aliphatic heterocycles. The third-order valence-corrected chi connectivity index (χ3v) is 6.33. The lowest BCUT2D eigenvalue weighted by Crippen LogP contribution is -2.19. The van der Waals surface area contributed by atoms with Crippen molar-refractivity contribution in [2.24, 2.45) is 5.10 Å². The number of hydrogen-bond donors (Lipinski definition) is 1. The fourth-order valence-electron chi connectivity index (χ4n) is 3.51. The molecule has 1 heterocycles. The SMILES string of the molecule is COc1ccc(-c2nnc(SCC(=O)N/N=C/C=C\c3ccccc3[N+](=O)[O-])n2-c2ccc(OC)cc2)cc1. The molecule has 0 bridgehead atoms. The third-order valence-electron chi connectivity index (χ3n) is 5.40. The number of allylic oxidation sites excluding steroid dienone is 1. The van der Waals surface area contributed by atoms with E-state index in [1.54, 1.807) is 38.5 Å². The maximum Gasteiger partial charge on any atom is 0.276 e. The first-order chi connectivity index (χ1) is 19.0. The van der Waals surface area contributed by atoms with Gasteiger partial charge in [-0.2, -0.15) is 5.10 Å². The number of hydrogen-bond acceptors (Lipinski definition) is 9. The molecule has 1 aromatic heterocycles. The molecular formula is C27H24N6O5S. The van der Waals surface area contributed by atoms with Gasteiger partial charge in [0.1, 0.15) is 11.5 Å². The molecule has 12 heteroatoms. The van der Waals surface area contributed by atoms with Crippen molar-refractivity contribution in [1.82, 2.24) is 20.2 Å². The number of nitrogens with zero attached hydrogens (tertiary/aromatic N) is 5. The van der Waals surface area contributed by atoms with Gasteiger partial charge in [0.05, 0.1) is 30.5 Å². The third kappa shape index (κ3) is 6.87. The number of carbonyl (C=O) groups is 1. The second kappa shape index (κ2) is 13.0. The molecule has 0 spiro atoms. The Morgan fingerprint density at radius 2 is 1.69 bits per heavy atom. The van der Waals surface area contributed by atoms with Gasteiger partial charge in [0.25, 0.3) is 11.6 Å². The molecule has 0 fully saturated rings. The van der Waals surface area contributed by atoms with Gasteiger partial charge < -0.3 is 9.47 Å². The number of para-hydroxylation sites is 1. The zero-order valence-corrected chi connectivity index (χ0v) is 21.9. The minimum absolute atomic E-state index is 0.0161. The predicted molar refractivity (Wildman–Crippen MR) is 149 cm³/mol. The van der Waals surface area contributed by atoms with Crippen molar-refractivity contribution in [1.29, 1.82) is 0 Å². The van der Waals surface area contributed by atoms with E-state index in [4.69, 9.17) is 9.47 Å². The molecule has 39 heavy (non-hydrogen) atoms. The number of nitrogens with one attached hydrogen (secondary N) is 1. The number of methoxy groups -OCH3 is 2. The van der Waals surface area contributed by atoms with Crippen LogP contribution < -0.4 is 14.9 Å². The highest BCUT2D eigenvalue weighted by Gasteiger charge is 2.17. The van der Waals surface area contributed by atoms with Crippen LogP contribution in [0.1, 0.15) is 5.56 Å². The van der Waals surface area contributed by atoms with Crippen LogP contribution in [0.4, 0.5) is 5.69 Å². The van der Waals surface area contributed by atoms with Gasteiger partial charge in [-0.3, -0.25) is 19.5 Å². The van der Waals surface area contributed by atoms with E-state index >= 15 is 0 Å². The lowest BCUT2D eigenvalue weighted by atomic mass is 10.2. The van der Waals surface area contributed by atoms with E-state index in [-0.39, 0.29) is 17.3 Å². The zero-order chi connectivity index (χ0) is 27.6. The highest BCUT2D eigenvalue weighted by molar-refractivity contribution is 7.99. The molecule has 0 aliphatic rings. The van der Waals surface area contributed by atoms with Crippen LogP contribution in [0.15, 0.2) is 89.1 Å². The fraction of sp³-hybridized carbons (Fsp3) is 0.111. The molecule has 0 saturated heterocycles. The van der Waals surface area contributed by atoms with Crippen LogP contribution in [0.5, 0.6) is 11.5 Å². The zero-order valence-electron chi connectivity index (χ0n) is 21.1. The van der Waals surface area contributed by atoms with Gasteiger partial charge in [0, 0.05) is 23.5 Å². The van der Waals surface area contributed by atoms with Gasteiger partial charge >= 0.3 is 0 Å². The summed E-state index contributed by atoms with van der Waals surface area (Å²) in [6, 6.07) is 21.2. The Morgan fingerprint density at radius 3 is 2.36 bits per heavy atom. The van der Waals surface area contributed by atoms with Gasteiger partial charge in [0.2, 0.25) is 0 Å². The van der Waals surface area contributed by atoms with E-state index in [9.17, 15) is 14.9 Å². The second-order valence-corrected chi connectivity index (χ2v) is 8.79. The molecule has 0 saturated carbocycles. The number of amides is 1. The van der Waals surface area contributed by atoms with Crippen LogP contribution in [0.2, 0.25) is 0 Å². The quantitative estimate of drug-likeness (QED) is 0.124. The monoisotopic (exact) mass is 544 g/mol. The molecule has 0 aliphatic carbocycles. The number of ether oxygens (including phenoxy) is 2. The van der Waals surface area contributed by atoms with Crippen molar-refractivity contribution in [3.8, 4) is 28.6 Å². The lowest BCUT2D eigenvalue weighted by molar-refractivity contribution is -0.385. The summed E-state index contributed by atoms with van der Waals surface area (Å²) in [7, 11) is 3.20. The van der Waals surface area contributed by atoms with Gasteiger partial charge in [0.15, 0.2) is 11.0 Å². The smallest absolute Gasteiger partial charge is 0.276 e. The molecule has 0 unspecified atom stereocenters. The summed E-state index contributed by atoms with van der Waals surface area (Å²) in [6.45, 7) is 0. The first kappa shape index (κ1) is 27.1. The number of benzene rings is 3. The van der Waals surface area contributed by atoms with Gasteiger partial charge in [-0.25, -0.2) is 5.43 Å². The van der Waals surface area contributed by atoms with Crippen LogP contribution in [-0.2, 0) is 4.79 Å². The fourth-order valence-corrected chi connectivity index (χ4v) is 4.25. The van der Waals surface area contributed by atoms with Gasteiger partial charge in [-0.1, -0.05) is 23.9 Å². The largest absolute Gasteiger partial charge is 0.497 e. The Kier molecular flexibility index (Phi) is 9.03. The minimum atomic E-state index is -0.458. The summed E-state index contributed by atoms with van der Waals surface area (Å²) >= 11 is 1.20. The average Bonchev–Trinajstić information content (AvgIpc) is 3.40. The first-order valence-corrected chi connectivity index (χ1v) is 12.6. The molecule has 4 aromatic rings. The summed E-state index contributed by atoms with van der Waals surface area (Å²) in [6.07, 6.45) is 4.40. The Hall–Kier alpha value is -4.97. The van der Waals surface area contributed by atoms with Crippen molar-refractivity contribution < 1.29 is 19.2 Å². The van der Waals surface area contributed by atoms with Crippen molar-refractivity contribution in [3.63, 3.8) is 0 Å². The Morgan fingerprint density at radius 1 is 1.03 bits per heavy atom. The molecule has 198 valence electrons. The summed E-state index contributed by atoms with van der Waals surface area (Å²) < 4.78 is 12.4. The number of aromatic nitrogens is 3. The molecule has 4 rings (SSSR count). The van der Waals surface area contributed by atoms with Crippen molar-refractivity contribution >= 4 is 35.6 Å². The highest BCUT2D eigenvalue weighted by Crippen LogP contribution is 2.29.